The predicted molar refractivity (Wildman–Crippen MR) is 69.6 cm³/mol. The highest BCUT2D eigenvalue weighted by Gasteiger charge is 2.20. The molecular formula is C11H18N6O. The van der Waals surface area contributed by atoms with Crippen LogP contribution in [0.4, 0.5) is 16.4 Å². The van der Waals surface area contributed by atoms with Gasteiger partial charge in [0.15, 0.2) is 5.82 Å². The van der Waals surface area contributed by atoms with Gasteiger partial charge in [0.25, 0.3) is 0 Å². The summed E-state index contributed by atoms with van der Waals surface area (Å²) in [5.41, 5.74) is 0.379. The topological polar surface area (TPSA) is 86.0 Å². The van der Waals surface area contributed by atoms with Crippen molar-refractivity contribution < 1.29 is 4.79 Å². The number of anilines is 2. The van der Waals surface area contributed by atoms with Crippen LogP contribution in [0.3, 0.4) is 0 Å². The van der Waals surface area contributed by atoms with Crippen LogP contribution in [-0.2, 0) is 7.05 Å². The minimum Gasteiger partial charge on any atom is -0.356 e. The van der Waals surface area contributed by atoms with Crippen molar-refractivity contribution in [2.24, 2.45) is 7.05 Å². The molecule has 1 heterocycles. The number of hydrogen-bond donors (Lipinski definition) is 2. The zero-order valence-electron chi connectivity index (χ0n) is 11.1. The Balaban J connectivity index is 3.20. The molecule has 7 nitrogen and oxygen atoms in total. The van der Waals surface area contributed by atoms with Gasteiger partial charge in [-0.05, 0) is 13.8 Å². The molecule has 1 aromatic rings. The first-order valence-corrected chi connectivity index (χ1v) is 5.79. The summed E-state index contributed by atoms with van der Waals surface area (Å²) < 4.78 is 1.61. The van der Waals surface area contributed by atoms with Crippen molar-refractivity contribution in [1.82, 2.24) is 15.1 Å². The van der Waals surface area contributed by atoms with E-state index in [1.165, 1.54) is 7.05 Å². The number of aryl methyl sites for hydroxylation is 1. The molecule has 0 bridgehead atoms. The van der Waals surface area contributed by atoms with E-state index in [9.17, 15) is 10.1 Å². The average Bonchev–Trinajstić information content (AvgIpc) is 2.67. The third kappa shape index (κ3) is 2.53. The molecule has 1 aromatic heterocycles. The van der Waals surface area contributed by atoms with Gasteiger partial charge in [-0.15, -0.1) is 0 Å². The number of carbonyl (C=O) groups is 1. The van der Waals surface area contributed by atoms with E-state index in [4.69, 9.17) is 0 Å². The van der Waals surface area contributed by atoms with E-state index in [-0.39, 0.29) is 5.82 Å². The van der Waals surface area contributed by atoms with Gasteiger partial charge in [0.1, 0.15) is 17.5 Å². The molecule has 2 N–H and O–H groups in total. The van der Waals surface area contributed by atoms with Crippen molar-refractivity contribution in [3.8, 4) is 6.07 Å². The van der Waals surface area contributed by atoms with E-state index in [2.05, 4.69) is 21.8 Å². The fraction of sp³-hybridized carbons (Fsp3) is 0.545. The monoisotopic (exact) mass is 250 g/mol. The lowest BCUT2D eigenvalue weighted by Crippen LogP contribution is -2.25. The maximum Gasteiger partial charge on any atom is 0.320 e. The third-order valence-electron chi connectivity index (χ3n) is 2.65. The summed E-state index contributed by atoms with van der Waals surface area (Å²) in [6, 6.07) is 1.70. The molecule has 98 valence electrons. The number of urea groups is 1. The van der Waals surface area contributed by atoms with Crippen molar-refractivity contribution in [3.05, 3.63) is 5.56 Å². The number of rotatable bonds is 4. The summed E-state index contributed by atoms with van der Waals surface area (Å²) in [4.78, 5) is 13.3. The normalized spacial score (nSPS) is 9.72. The van der Waals surface area contributed by atoms with Crippen LogP contribution in [-0.4, -0.2) is 35.9 Å². The average molecular weight is 250 g/mol. The molecule has 0 aromatic carbocycles. The van der Waals surface area contributed by atoms with Crippen LogP contribution < -0.4 is 15.5 Å². The second kappa shape index (κ2) is 5.91. The number of hydrogen-bond acceptors (Lipinski definition) is 4. The van der Waals surface area contributed by atoms with Crippen molar-refractivity contribution in [2.45, 2.75) is 13.8 Å². The summed E-state index contributed by atoms with van der Waals surface area (Å²) in [6.07, 6.45) is 0. The summed E-state index contributed by atoms with van der Waals surface area (Å²) in [5, 5.41) is 18.4. The van der Waals surface area contributed by atoms with Crippen LogP contribution in [0, 0.1) is 11.3 Å². The largest absolute Gasteiger partial charge is 0.356 e. The quantitative estimate of drug-likeness (QED) is 0.831. The van der Waals surface area contributed by atoms with Crippen LogP contribution >= 0.6 is 0 Å². The Morgan fingerprint density at radius 1 is 1.50 bits per heavy atom. The van der Waals surface area contributed by atoms with Gasteiger partial charge in [-0.2, -0.15) is 10.4 Å². The van der Waals surface area contributed by atoms with Gasteiger partial charge in [-0.3, -0.25) is 5.32 Å². The molecule has 0 unspecified atom stereocenters. The highest BCUT2D eigenvalue weighted by Crippen LogP contribution is 2.25. The number of aromatic nitrogens is 2. The molecule has 0 spiro atoms. The van der Waals surface area contributed by atoms with Gasteiger partial charge in [-0.1, -0.05) is 0 Å². The zero-order chi connectivity index (χ0) is 13.7. The highest BCUT2D eigenvalue weighted by molar-refractivity contribution is 5.90. The van der Waals surface area contributed by atoms with Gasteiger partial charge in [0, 0.05) is 27.2 Å². The summed E-state index contributed by atoms with van der Waals surface area (Å²) in [7, 11) is 3.26. The molecule has 2 amide bonds. The fourth-order valence-electron chi connectivity index (χ4n) is 1.76. The molecule has 0 aliphatic carbocycles. The van der Waals surface area contributed by atoms with E-state index in [1.54, 1.807) is 11.7 Å². The van der Waals surface area contributed by atoms with Gasteiger partial charge in [0.2, 0.25) is 0 Å². The van der Waals surface area contributed by atoms with Crippen molar-refractivity contribution in [3.63, 3.8) is 0 Å². The minimum atomic E-state index is -0.393. The molecular weight excluding hydrogens is 232 g/mol. The zero-order valence-corrected chi connectivity index (χ0v) is 11.1. The fourth-order valence-corrected chi connectivity index (χ4v) is 1.76. The van der Waals surface area contributed by atoms with Crippen LogP contribution in [0.25, 0.3) is 0 Å². The van der Waals surface area contributed by atoms with E-state index in [1.807, 2.05) is 18.7 Å². The van der Waals surface area contributed by atoms with Crippen LogP contribution in [0.2, 0.25) is 0 Å². The van der Waals surface area contributed by atoms with E-state index in [0.29, 0.717) is 11.4 Å². The summed E-state index contributed by atoms with van der Waals surface area (Å²) >= 11 is 0. The minimum absolute atomic E-state index is 0.279. The maximum atomic E-state index is 11.3. The molecule has 0 saturated heterocycles. The molecule has 18 heavy (non-hydrogen) atoms. The smallest absolute Gasteiger partial charge is 0.320 e. The second-order valence-corrected chi connectivity index (χ2v) is 3.66. The summed E-state index contributed by atoms with van der Waals surface area (Å²) in [5.74, 6) is 0.996. The summed E-state index contributed by atoms with van der Waals surface area (Å²) in [6.45, 7) is 5.54. The SMILES string of the molecule is CCN(CC)c1c(C#N)c(NC(=O)NC)nn1C. The number of nitrogens with zero attached hydrogens (tertiary/aromatic N) is 4. The van der Waals surface area contributed by atoms with Gasteiger partial charge >= 0.3 is 6.03 Å². The van der Waals surface area contributed by atoms with Gasteiger partial charge < -0.3 is 10.2 Å². The molecule has 0 aliphatic rings. The standard InChI is InChI=1S/C11H18N6O/c1-5-17(6-2)10-8(7-12)9(15-16(10)4)14-11(18)13-3/h5-6H2,1-4H3,(H2,13,14,15,18). The first-order chi connectivity index (χ1) is 8.58. The molecule has 0 atom stereocenters. The van der Waals surface area contributed by atoms with Crippen molar-refractivity contribution in [2.75, 3.05) is 30.4 Å². The Labute approximate surface area is 106 Å². The Bertz CT molecular complexity index is 469. The first-order valence-electron chi connectivity index (χ1n) is 5.79. The Morgan fingerprint density at radius 2 is 2.11 bits per heavy atom. The number of carbonyl (C=O) groups excluding carboxylic acids is 1. The van der Waals surface area contributed by atoms with Crippen LogP contribution in [0.5, 0.6) is 0 Å². The Kier molecular flexibility index (Phi) is 4.54. The molecule has 1 rings (SSSR count). The van der Waals surface area contributed by atoms with Crippen LogP contribution in [0.15, 0.2) is 0 Å². The lowest BCUT2D eigenvalue weighted by atomic mass is 10.3. The lowest BCUT2D eigenvalue weighted by Gasteiger charge is -2.20. The predicted octanol–water partition coefficient (Wildman–Crippen LogP) is 0.889. The van der Waals surface area contributed by atoms with Crippen molar-refractivity contribution in [1.29, 1.82) is 5.26 Å². The molecule has 0 fully saturated rings. The highest BCUT2D eigenvalue weighted by atomic mass is 16.2. The lowest BCUT2D eigenvalue weighted by molar-refractivity contribution is 0.254. The van der Waals surface area contributed by atoms with E-state index < -0.39 is 6.03 Å². The molecule has 7 heteroatoms. The molecule has 0 saturated carbocycles. The Hall–Kier alpha value is -2.23. The first kappa shape index (κ1) is 13.8. The van der Waals surface area contributed by atoms with E-state index >= 15 is 0 Å². The van der Waals surface area contributed by atoms with Gasteiger partial charge in [0.05, 0.1) is 0 Å². The van der Waals surface area contributed by atoms with E-state index in [0.717, 1.165) is 13.1 Å². The van der Waals surface area contributed by atoms with Crippen LogP contribution in [0.1, 0.15) is 19.4 Å². The number of nitrogens with one attached hydrogen (secondary N) is 2. The van der Waals surface area contributed by atoms with Gasteiger partial charge in [-0.25, -0.2) is 9.48 Å². The number of nitriles is 1. The molecule has 0 radical (unpaired) electrons. The third-order valence-corrected chi connectivity index (χ3v) is 2.65. The van der Waals surface area contributed by atoms with Crippen molar-refractivity contribution >= 4 is 17.7 Å². The molecule has 0 aliphatic heterocycles. The maximum absolute atomic E-state index is 11.3. The second-order valence-electron chi connectivity index (χ2n) is 3.66. The Morgan fingerprint density at radius 3 is 2.56 bits per heavy atom. The number of amides is 2.